The standard InChI is InChI=1S/C27H18BrCl3N2O3/c28-19-10-9-14(13-20(19)29)32-21(34)11-12-33-24(35)22-23(25(33)36)27(31)16-6-2-1-5-15(16)26(22,30)17-7-3-4-8-18(17)27/h1-10,13,22-23H,11-12H2,(H,32,34)/t22-,23+,26?,27?. The van der Waals surface area contributed by atoms with E-state index in [1.807, 2.05) is 48.5 Å². The third-order valence-electron chi connectivity index (χ3n) is 7.44. The fourth-order valence-corrected chi connectivity index (χ4v) is 7.48. The lowest BCUT2D eigenvalue weighted by Gasteiger charge is -2.54. The van der Waals surface area contributed by atoms with Crippen molar-refractivity contribution in [2.45, 2.75) is 16.2 Å². The highest BCUT2D eigenvalue weighted by molar-refractivity contribution is 9.10. The van der Waals surface area contributed by atoms with Crippen molar-refractivity contribution in [3.63, 3.8) is 0 Å². The monoisotopic (exact) mass is 602 g/mol. The smallest absolute Gasteiger partial charge is 0.235 e. The molecule has 0 spiro atoms. The Labute approximate surface area is 230 Å². The van der Waals surface area contributed by atoms with E-state index < -0.39 is 33.4 Å². The fraction of sp³-hybridized carbons (Fsp3) is 0.222. The number of hydrogen-bond donors (Lipinski definition) is 1. The summed E-state index contributed by atoms with van der Waals surface area (Å²) in [6.07, 6.45) is -0.0743. The first kappa shape index (κ1) is 24.0. The minimum absolute atomic E-state index is 0.0743. The first-order valence-corrected chi connectivity index (χ1v) is 13.3. The molecule has 0 saturated carbocycles. The maximum Gasteiger partial charge on any atom is 0.235 e. The Bertz CT molecular complexity index is 1350. The van der Waals surface area contributed by atoms with Crippen molar-refractivity contribution < 1.29 is 14.4 Å². The lowest BCUT2D eigenvalue weighted by Crippen LogP contribution is -2.57. The Morgan fingerprint density at radius 2 is 1.33 bits per heavy atom. The van der Waals surface area contributed by atoms with Gasteiger partial charge < -0.3 is 5.32 Å². The molecule has 1 N–H and O–H groups in total. The maximum absolute atomic E-state index is 13.8. The highest BCUT2D eigenvalue weighted by Crippen LogP contribution is 2.69. The summed E-state index contributed by atoms with van der Waals surface area (Å²) in [5.41, 5.74) is 3.50. The van der Waals surface area contributed by atoms with Gasteiger partial charge in [0.15, 0.2) is 0 Å². The lowest BCUT2D eigenvalue weighted by molar-refractivity contribution is -0.140. The quantitative estimate of drug-likeness (QED) is 0.293. The first-order chi connectivity index (χ1) is 17.2. The van der Waals surface area contributed by atoms with Gasteiger partial charge >= 0.3 is 0 Å². The van der Waals surface area contributed by atoms with Crippen LogP contribution in [-0.2, 0) is 24.1 Å². The number of anilines is 1. The number of amides is 3. The Morgan fingerprint density at radius 1 is 0.861 bits per heavy atom. The predicted molar refractivity (Wildman–Crippen MR) is 142 cm³/mol. The number of rotatable bonds is 4. The van der Waals surface area contributed by atoms with Gasteiger partial charge in [0, 0.05) is 23.1 Å². The van der Waals surface area contributed by atoms with Gasteiger partial charge in [0.25, 0.3) is 0 Å². The van der Waals surface area contributed by atoms with Crippen molar-refractivity contribution in [2.24, 2.45) is 11.8 Å². The molecule has 0 radical (unpaired) electrons. The van der Waals surface area contributed by atoms with Crippen LogP contribution in [0, 0.1) is 11.8 Å². The van der Waals surface area contributed by atoms with Gasteiger partial charge in [-0.15, -0.1) is 23.2 Å². The van der Waals surface area contributed by atoms with Crippen LogP contribution in [0.2, 0.25) is 5.02 Å². The van der Waals surface area contributed by atoms with Gasteiger partial charge in [-0.05, 0) is 56.4 Å². The lowest BCUT2D eigenvalue weighted by atomic mass is 9.54. The third-order valence-corrected chi connectivity index (χ3v) is 9.96. The number of nitrogens with zero attached hydrogens (tertiary/aromatic N) is 1. The van der Waals surface area contributed by atoms with Crippen LogP contribution < -0.4 is 5.32 Å². The maximum atomic E-state index is 13.8. The van der Waals surface area contributed by atoms with E-state index in [0.717, 1.165) is 27.2 Å². The van der Waals surface area contributed by atoms with Gasteiger partial charge in [-0.2, -0.15) is 0 Å². The van der Waals surface area contributed by atoms with E-state index in [4.69, 9.17) is 34.8 Å². The van der Waals surface area contributed by atoms with Crippen LogP contribution in [0.1, 0.15) is 28.7 Å². The SMILES string of the molecule is O=C(CCN1C(=O)[C@@H]2[C@H](C1=O)C1(Cl)c3ccccc3C2(Cl)c2ccccc21)Nc1ccc(Br)c(Cl)c1. The fourth-order valence-electron chi connectivity index (χ4n) is 5.96. The number of likely N-dealkylation sites (tertiary alicyclic amines) is 1. The molecule has 4 aliphatic rings. The van der Waals surface area contributed by atoms with Crippen molar-refractivity contribution in [1.29, 1.82) is 0 Å². The van der Waals surface area contributed by atoms with Gasteiger partial charge in [-0.3, -0.25) is 19.3 Å². The first-order valence-electron chi connectivity index (χ1n) is 11.4. The molecule has 2 atom stereocenters. The molecule has 1 saturated heterocycles. The summed E-state index contributed by atoms with van der Waals surface area (Å²) >= 11 is 24.2. The second kappa shape index (κ2) is 8.32. The van der Waals surface area contributed by atoms with Crippen LogP contribution in [0.5, 0.6) is 0 Å². The van der Waals surface area contributed by atoms with E-state index >= 15 is 0 Å². The average molecular weight is 605 g/mol. The van der Waals surface area contributed by atoms with Crippen molar-refractivity contribution in [3.8, 4) is 0 Å². The average Bonchev–Trinajstić information content (AvgIpc) is 3.14. The zero-order valence-corrected chi connectivity index (χ0v) is 22.5. The number of benzene rings is 3. The Hall–Kier alpha value is -2.38. The zero-order valence-electron chi connectivity index (χ0n) is 18.6. The zero-order chi connectivity index (χ0) is 25.4. The van der Waals surface area contributed by atoms with E-state index in [0.29, 0.717) is 15.2 Å². The van der Waals surface area contributed by atoms with Crippen molar-refractivity contribution >= 4 is 74.1 Å². The van der Waals surface area contributed by atoms with Crippen LogP contribution in [0.3, 0.4) is 0 Å². The highest BCUT2D eigenvalue weighted by atomic mass is 79.9. The molecular weight excluding hydrogens is 587 g/mol. The minimum Gasteiger partial charge on any atom is -0.326 e. The van der Waals surface area contributed by atoms with Gasteiger partial charge in [-0.1, -0.05) is 60.1 Å². The molecule has 3 aromatic rings. The Balaban J connectivity index is 1.33. The van der Waals surface area contributed by atoms with Crippen LogP contribution in [0.4, 0.5) is 5.69 Å². The number of halogens is 4. The molecule has 3 aromatic carbocycles. The summed E-state index contributed by atoms with van der Waals surface area (Å²) in [4.78, 5) is 38.9. The summed E-state index contributed by atoms with van der Waals surface area (Å²) in [7, 11) is 0. The Morgan fingerprint density at radius 3 is 1.78 bits per heavy atom. The van der Waals surface area contributed by atoms with E-state index in [2.05, 4.69) is 21.2 Å². The third kappa shape index (κ3) is 3.11. The van der Waals surface area contributed by atoms with Crippen molar-refractivity contribution in [1.82, 2.24) is 4.90 Å². The van der Waals surface area contributed by atoms with Crippen LogP contribution in [-0.4, -0.2) is 29.2 Å². The molecule has 0 aromatic heterocycles. The second-order valence-corrected chi connectivity index (χ2v) is 11.7. The molecule has 36 heavy (non-hydrogen) atoms. The van der Waals surface area contributed by atoms with Gasteiger partial charge in [-0.25, -0.2) is 0 Å². The number of alkyl halides is 2. The molecule has 1 heterocycles. The van der Waals surface area contributed by atoms with Crippen LogP contribution in [0.25, 0.3) is 0 Å². The highest BCUT2D eigenvalue weighted by Gasteiger charge is 2.72. The normalized spacial score (nSPS) is 27.5. The summed E-state index contributed by atoms with van der Waals surface area (Å²) < 4.78 is 0.708. The molecule has 3 aliphatic carbocycles. The molecule has 1 fully saturated rings. The molecule has 182 valence electrons. The molecule has 0 unspecified atom stereocenters. The molecular formula is C27H18BrCl3N2O3. The largest absolute Gasteiger partial charge is 0.326 e. The number of hydrogen-bond acceptors (Lipinski definition) is 3. The molecule has 5 nitrogen and oxygen atoms in total. The van der Waals surface area contributed by atoms with Crippen molar-refractivity contribution in [2.75, 3.05) is 11.9 Å². The van der Waals surface area contributed by atoms with Crippen molar-refractivity contribution in [3.05, 3.63) is 98.5 Å². The number of nitrogens with one attached hydrogen (secondary N) is 1. The molecule has 3 amide bonds. The molecule has 1 aliphatic heterocycles. The van der Waals surface area contributed by atoms with E-state index in [9.17, 15) is 14.4 Å². The van der Waals surface area contributed by atoms with E-state index in [-0.39, 0.29) is 18.9 Å². The molecule has 7 rings (SSSR count). The summed E-state index contributed by atoms with van der Waals surface area (Å²) in [6, 6.07) is 20.0. The van der Waals surface area contributed by atoms with Crippen LogP contribution in [0.15, 0.2) is 71.2 Å². The summed E-state index contributed by atoms with van der Waals surface area (Å²) in [5.74, 6) is -2.91. The molecule has 9 heteroatoms. The Kier molecular flexibility index (Phi) is 5.54. The summed E-state index contributed by atoms with van der Waals surface area (Å²) in [5, 5.41) is 3.21. The second-order valence-electron chi connectivity index (χ2n) is 9.23. The number of carbonyl (C=O) groups excluding carboxylic acids is 3. The van der Waals surface area contributed by atoms with Gasteiger partial charge in [0.1, 0.15) is 9.75 Å². The predicted octanol–water partition coefficient (Wildman–Crippen LogP) is 6.02. The van der Waals surface area contributed by atoms with E-state index in [1.54, 1.807) is 18.2 Å². The summed E-state index contributed by atoms with van der Waals surface area (Å²) in [6.45, 7) is -0.0760. The molecule has 2 bridgehead atoms. The van der Waals surface area contributed by atoms with Gasteiger partial charge in [0.2, 0.25) is 17.7 Å². The van der Waals surface area contributed by atoms with E-state index in [1.165, 1.54) is 0 Å². The number of carbonyl (C=O) groups is 3. The van der Waals surface area contributed by atoms with Crippen LogP contribution >= 0.6 is 50.7 Å². The minimum atomic E-state index is -1.23. The number of imide groups is 1. The topological polar surface area (TPSA) is 66.5 Å². The van der Waals surface area contributed by atoms with Gasteiger partial charge in [0.05, 0.1) is 16.9 Å².